The normalized spacial score (nSPS) is 10.1. The number of hydrogen-bond donors (Lipinski definition) is 0. The molecule has 0 saturated carbocycles. The van der Waals surface area contributed by atoms with Gasteiger partial charge in [-0.3, -0.25) is 10.1 Å². The summed E-state index contributed by atoms with van der Waals surface area (Å²) in [5.41, 5.74) is 0.683. The van der Waals surface area contributed by atoms with Crippen LogP contribution in [0, 0.1) is 17.0 Å². The molecule has 0 radical (unpaired) electrons. The third kappa shape index (κ3) is 2.85. The van der Waals surface area contributed by atoms with Gasteiger partial charge in [0.15, 0.2) is 0 Å². The van der Waals surface area contributed by atoms with E-state index in [1.54, 1.807) is 13.0 Å². The predicted molar refractivity (Wildman–Crippen MR) is 57.1 cm³/mol. The van der Waals surface area contributed by atoms with Crippen molar-refractivity contribution in [3.05, 3.63) is 27.9 Å². The van der Waals surface area contributed by atoms with Crippen molar-refractivity contribution >= 4 is 29.1 Å². The Morgan fingerprint density at radius 1 is 1.71 bits per heavy atom. The van der Waals surface area contributed by atoms with E-state index in [9.17, 15) is 10.1 Å². The van der Waals surface area contributed by atoms with Crippen LogP contribution in [0.4, 0.5) is 5.69 Å². The minimum absolute atomic E-state index is 0.0558. The van der Waals surface area contributed by atoms with Crippen LogP contribution in [0.15, 0.2) is 17.3 Å². The number of aromatic nitrogens is 1. The molecule has 1 heterocycles. The average Bonchev–Trinajstić information content (AvgIpc) is 2.14. The molecule has 0 aromatic carbocycles. The highest BCUT2D eigenvalue weighted by Gasteiger charge is 2.11. The number of aryl methyl sites for hydroxylation is 1. The lowest BCUT2D eigenvalue weighted by Gasteiger charge is -2.00. The summed E-state index contributed by atoms with van der Waals surface area (Å²) in [6, 6.07) is 1.70. The number of pyridine rings is 1. The van der Waals surface area contributed by atoms with E-state index in [0.717, 1.165) is 10.8 Å². The first-order chi connectivity index (χ1) is 6.65. The van der Waals surface area contributed by atoms with E-state index in [-0.39, 0.29) is 5.69 Å². The van der Waals surface area contributed by atoms with Crippen LogP contribution in [0.3, 0.4) is 0 Å². The zero-order valence-corrected chi connectivity index (χ0v) is 9.14. The molecule has 14 heavy (non-hydrogen) atoms. The largest absolute Gasteiger partial charge is 0.290 e. The molecule has 0 aliphatic rings. The molecular formula is C8H9ClN2O2S. The Labute approximate surface area is 90.8 Å². The molecule has 0 N–H and O–H groups in total. The summed E-state index contributed by atoms with van der Waals surface area (Å²) < 4.78 is 0. The number of nitrogens with zero attached hydrogens (tertiary/aromatic N) is 2. The van der Waals surface area contributed by atoms with Crippen molar-refractivity contribution < 1.29 is 4.92 Å². The molecule has 0 aliphatic heterocycles. The molecule has 1 aromatic rings. The van der Waals surface area contributed by atoms with Crippen molar-refractivity contribution in [1.29, 1.82) is 0 Å². The summed E-state index contributed by atoms with van der Waals surface area (Å²) in [5, 5.41) is 11.3. The van der Waals surface area contributed by atoms with Crippen LogP contribution in [-0.4, -0.2) is 21.5 Å². The Morgan fingerprint density at radius 3 is 2.93 bits per heavy atom. The second-order valence-electron chi connectivity index (χ2n) is 2.60. The smallest absolute Gasteiger partial charge is 0.258 e. The van der Waals surface area contributed by atoms with E-state index < -0.39 is 4.92 Å². The molecule has 0 amide bonds. The van der Waals surface area contributed by atoms with Crippen LogP contribution >= 0.6 is 23.4 Å². The Hall–Kier alpha value is -0.810. The first kappa shape index (κ1) is 11.3. The van der Waals surface area contributed by atoms with Gasteiger partial charge in [0.05, 0.1) is 9.95 Å². The number of thioether (sulfide) groups is 1. The van der Waals surface area contributed by atoms with E-state index >= 15 is 0 Å². The van der Waals surface area contributed by atoms with Crippen molar-refractivity contribution in [2.75, 3.05) is 11.6 Å². The standard InChI is InChI=1S/C8H9ClN2O2S/c1-6-4-8(14-3-2-9)10-5-7(6)11(12)13/h4-5H,2-3H2,1H3. The molecule has 0 unspecified atom stereocenters. The van der Waals surface area contributed by atoms with Crippen molar-refractivity contribution in [2.24, 2.45) is 0 Å². The lowest BCUT2D eigenvalue weighted by Crippen LogP contribution is -1.94. The SMILES string of the molecule is Cc1cc(SCCCl)ncc1[N+](=O)[O-]. The van der Waals surface area contributed by atoms with E-state index in [4.69, 9.17) is 11.6 Å². The molecule has 6 heteroatoms. The summed E-state index contributed by atoms with van der Waals surface area (Å²) in [6.45, 7) is 1.70. The van der Waals surface area contributed by atoms with E-state index in [1.807, 2.05) is 0 Å². The van der Waals surface area contributed by atoms with Crippen molar-refractivity contribution in [1.82, 2.24) is 4.98 Å². The molecule has 0 saturated heterocycles. The summed E-state index contributed by atoms with van der Waals surface area (Å²) in [6.07, 6.45) is 1.28. The maximum atomic E-state index is 10.5. The highest BCUT2D eigenvalue weighted by Crippen LogP contribution is 2.22. The van der Waals surface area contributed by atoms with Gasteiger partial charge >= 0.3 is 0 Å². The molecule has 1 rings (SSSR count). The first-order valence-electron chi connectivity index (χ1n) is 3.95. The maximum absolute atomic E-state index is 10.5. The lowest BCUT2D eigenvalue weighted by atomic mass is 10.3. The minimum atomic E-state index is -0.432. The van der Waals surface area contributed by atoms with Crippen molar-refractivity contribution in [3.8, 4) is 0 Å². The van der Waals surface area contributed by atoms with E-state index in [1.165, 1.54) is 18.0 Å². The fourth-order valence-corrected chi connectivity index (χ4v) is 1.84. The van der Waals surface area contributed by atoms with Gasteiger partial charge in [-0.1, -0.05) is 0 Å². The summed E-state index contributed by atoms with van der Waals surface area (Å²) in [5.74, 6) is 1.30. The van der Waals surface area contributed by atoms with Gasteiger partial charge in [0.2, 0.25) is 0 Å². The van der Waals surface area contributed by atoms with Crippen LogP contribution in [0.5, 0.6) is 0 Å². The van der Waals surface area contributed by atoms with E-state index in [0.29, 0.717) is 11.4 Å². The average molecular weight is 233 g/mol. The van der Waals surface area contributed by atoms with Gasteiger partial charge in [0.1, 0.15) is 6.20 Å². The Balaban J connectivity index is 2.83. The van der Waals surface area contributed by atoms with Crippen LogP contribution in [0.25, 0.3) is 0 Å². The third-order valence-corrected chi connectivity index (χ3v) is 2.92. The highest BCUT2D eigenvalue weighted by molar-refractivity contribution is 7.99. The third-order valence-electron chi connectivity index (χ3n) is 1.58. The highest BCUT2D eigenvalue weighted by atomic mass is 35.5. The molecule has 4 nitrogen and oxygen atoms in total. The molecule has 76 valence electrons. The van der Waals surface area contributed by atoms with Crippen LogP contribution in [0.2, 0.25) is 0 Å². The molecular weight excluding hydrogens is 224 g/mol. The summed E-state index contributed by atoms with van der Waals surface area (Å²) in [7, 11) is 0. The second-order valence-corrected chi connectivity index (χ2v) is 4.10. The fourth-order valence-electron chi connectivity index (χ4n) is 0.936. The zero-order valence-electron chi connectivity index (χ0n) is 7.57. The number of alkyl halides is 1. The number of hydrogen-bond acceptors (Lipinski definition) is 4. The molecule has 1 aromatic heterocycles. The van der Waals surface area contributed by atoms with Gasteiger partial charge in [-0.15, -0.1) is 23.4 Å². The van der Waals surface area contributed by atoms with Gasteiger partial charge in [0.25, 0.3) is 5.69 Å². The molecule has 0 fully saturated rings. The van der Waals surface area contributed by atoms with Gasteiger partial charge in [-0.2, -0.15) is 0 Å². The lowest BCUT2D eigenvalue weighted by molar-refractivity contribution is -0.385. The summed E-state index contributed by atoms with van der Waals surface area (Å²) >= 11 is 7.01. The Kier molecular flexibility index (Phi) is 4.16. The fraction of sp³-hybridized carbons (Fsp3) is 0.375. The van der Waals surface area contributed by atoms with Gasteiger partial charge < -0.3 is 0 Å². The molecule has 0 atom stereocenters. The number of halogens is 1. The molecule has 0 bridgehead atoms. The van der Waals surface area contributed by atoms with Crippen LogP contribution in [-0.2, 0) is 0 Å². The monoisotopic (exact) mass is 232 g/mol. The topological polar surface area (TPSA) is 56.0 Å². The van der Waals surface area contributed by atoms with Gasteiger partial charge in [-0.05, 0) is 13.0 Å². The minimum Gasteiger partial charge on any atom is -0.258 e. The second kappa shape index (κ2) is 5.17. The predicted octanol–water partition coefficient (Wildman–Crippen LogP) is 2.63. The summed E-state index contributed by atoms with van der Waals surface area (Å²) in [4.78, 5) is 14.0. The quantitative estimate of drug-likeness (QED) is 0.347. The molecule has 0 spiro atoms. The van der Waals surface area contributed by atoms with Gasteiger partial charge in [-0.25, -0.2) is 4.98 Å². The Bertz CT molecular complexity index is 346. The van der Waals surface area contributed by atoms with Crippen LogP contribution in [0.1, 0.15) is 5.56 Å². The van der Waals surface area contributed by atoms with Crippen molar-refractivity contribution in [2.45, 2.75) is 11.9 Å². The zero-order chi connectivity index (χ0) is 10.6. The van der Waals surface area contributed by atoms with E-state index in [2.05, 4.69) is 4.98 Å². The van der Waals surface area contributed by atoms with Crippen LogP contribution < -0.4 is 0 Å². The number of nitro groups is 1. The van der Waals surface area contributed by atoms with Gasteiger partial charge in [0, 0.05) is 17.2 Å². The van der Waals surface area contributed by atoms with Crippen molar-refractivity contribution in [3.63, 3.8) is 0 Å². The molecule has 0 aliphatic carbocycles. The Morgan fingerprint density at radius 2 is 2.43 bits per heavy atom. The number of rotatable bonds is 4. The maximum Gasteiger partial charge on any atom is 0.290 e. The first-order valence-corrected chi connectivity index (χ1v) is 5.47.